The van der Waals surface area contributed by atoms with Crippen LogP contribution in [-0.4, -0.2) is 44.7 Å². The Kier molecular flexibility index (Phi) is 3.55. The number of benzene rings is 1. The maximum absolute atomic E-state index is 12.4. The van der Waals surface area contributed by atoms with E-state index in [1.165, 1.54) is 22.5 Å². The Labute approximate surface area is 149 Å². The summed E-state index contributed by atoms with van der Waals surface area (Å²) in [5, 5.41) is 7.81. The molecule has 0 saturated carbocycles. The number of hydrogen-bond acceptors (Lipinski definition) is 5. The summed E-state index contributed by atoms with van der Waals surface area (Å²) < 4.78 is 7.31. The fourth-order valence-corrected chi connectivity index (χ4v) is 4.79. The summed E-state index contributed by atoms with van der Waals surface area (Å²) in [6, 6.07) is 6.51. The zero-order valence-electron chi connectivity index (χ0n) is 13.7. The summed E-state index contributed by atoms with van der Waals surface area (Å²) >= 11 is 1.98. The standard InChI is InChI=1S/C18H18N4O2S/c23-18-22-15-2-1-13(12-3-7-25-8-4-12)9-14(15)10-16(22)17(24-18)11-21-6-5-19-20-21/h1-3,5-6,9,16-17H,4,7-8,10-11H2/t16-,17-/m0/s1. The van der Waals surface area contributed by atoms with Crippen LogP contribution in [0.25, 0.3) is 5.57 Å². The van der Waals surface area contributed by atoms with Gasteiger partial charge in [0.05, 0.1) is 24.5 Å². The largest absolute Gasteiger partial charge is 0.442 e. The first-order chi connectivity index (χ1) is 12.3. The number of carbonyl (C=O) groups is 1. The highest BCUT2D eigenvalue weighted by Crippen LogP contribution is 2.40. The molecule has 1 aromatic heterocycles. The molecule has 0 N–H and O–H groups in total. The molecule has 2 aromatic rings. The second-order valence-electron chi connectivity index (χ2n) is 6.59. The molecule has 0 aliphatic carbocycles. The number of hydrogen-bond donors (Lipinski definition) is 0. The van der Waals surface area contributed by atoms with Crippen molar-refractivity contribution in [3.05, 3.63) is 47.8 Å². The Hall–Kier alpha value is -2.28. The molecule has 1 fully saturated rings. The molecule has 2 atom stereocenters. The second kappa shape index (κ2) is 5.91. The average molecular weight is 354 g/mol. The number of aromatic nitrogens is 3. The molecule has 0 unspecified atom stereocenters. The van der Waals surface area contributed by atoms with Crippen LogP contribution < -0.4 is 4.90 Å². The molecule has 1 saturated heterocycles. The molecule has 0 radical (unpaired) electrons. The molecule has 3 aliphatic heterocycles. The van der Waals surface area contributed by atoms with E-state index in [0.717, 1.165) is 24.3 Å². The van der Waals surface area contributed by atoms with Crippen molar-refractivity contribution in [3.63, 3.8) is 0 Å². The van der Waals surface area contributed by atoms with Crippen LogP contribution in [0.5, 0.6) is 0 Å². The first-order valence-electron chi connectivity index (χ1n) is 8.53. The van der Waals surface area contributed by atoms with Gasteiger partial charge in [-0.05, 0) is 47.4 Å². The minimum atomic E-state index is -0.255. The van der Waals surface area contributed by atoms with E-state index in [4.69, 9.17) is 4.74 Å². The number of thioether (sulfide) groups is 1. The van der Waals surface area contributed by atoms with Crippen molar-refractivity contribution in [2.45, 2.75) is 31.5 Å². The molecular formula is C18H18N4O2S. The molecule has 6 nitrogen and oxygen atoms in total. The fraction of sp³-hybridized carbons (Fsp3) is 0.389. The fourth-order valence-electron chi connectivity index (χ4n) is 3.94. The number of cyclic esters (lactones) is 1. The summed E-state index contributed by atoms with van der Waals surface area (Å²) in [7, 11) is 0. The zero-order valence-corrected chi connectivity index (χ0v) is 14.5. The average Bonchev–Trinajstić information content (AvgIpc) is 3.34. The van der Waals surface area contributed by atoms with Crippen molar-refractivity contribution in [3.8, 4) is 0 Å². The van der Waals surface area contributed by atoms with Crippen LogP contribution in [0.1, 0.15) is 17.5 Å². The van der Waals surface area contributed by atoms with E-state index in [0.29, 0.717) is 6.54 Å². The Bertz CT molecular complexity index is 849. The summed E-state index contributed by atoms with van der Waals surface area (Å²) in [5.41, 5.74) is 4.95. The van der Waals surface area contributed by atoms with Gasteiger partial charge in [-0.25, -0.2) is 9.48 Å². The molecule has 3 aliphatic rings. The van der Waals surface area contributed by atoms with Gasteiger partial charge in [0.1, 0.15) is 6.10 Å². The number of anilines is 1. The number of carbonyl (C=O) groups excluding carboxylic acids is 1. The predicted octanol–water partition coefficient (Wildman–Crippen LogP) is 2.75. The van der Waals surface area contributed by atoms with E-state index in [-0.39, 0.29) is 18.2 Å². The Morgan fingerprint density at radius 1 is 1.36 bits per heavy atom. The van der Waals surface area contributed by atoms with Gasteiger partial charge in [-0.2, -0.15) is 11.8 Å². The molecule has 0 spiro atoms. The van der Waals surface area contributed by atoms with Gasteiger partial charge in [0.2, 0.25) is 0 Å². The summed E-state index contributed by atoms with van der Waals surface area (Å²) in [6.45, 7) is 0.538. The maximum Gasteiger partial charge on any atom is 0.415 e. The zero-order chi connectivity index (χ0) is 16.8. The first-order valence-corrected chi connectivity index (χ1v) is 9.69. The molecule has 25 heavy (non-hydrogen) atoms. The van der Waals surface area contributed by atoms with Gasteiger partial charge >= 0.3 is 6.09 Å². The van der Waals surface area contributed by atoms with Crippen LogP contribution in [0.2, 0.25) is 0 Å². The van der Waals surface area contributed by atoms with Crippen molar-refractivity contribution in [1.29, 1.82) is 0 Å². The van der Waals surface area contributed by atoms with E-state index < -0.39 is 0 Å². The number of fused-ring (bicyclic) bond motifs is 3. The van der Waals surface area contributed by atoms with Crippen LogP contribution in [0, 0.1) is 0 Å². The van der Waals surface area contributed by atoms with Gasteiger partial charge < -0.3 is 4.74 Å². The molecule has 4 heterocycles. The third-order valence-corrected chi connectivity index (χ3v) is 6.05. The highest BCUT2D eigenvalue weighted by Gasteiger charge is 2.47. The van der Waals surface area contributed by atoms with Gasteiger partial charge in [-0.1, -0.05) is 17.4 Å². The minimum Gasteiger partial charge on any atom is -0.442 e. The van der Waals surface area contributed by atoms with Crippen molar-refractivity contribution >= 4 is 29.1 Å². The normalized spacial score (nSPS) is 24.7. The topological polar surface area (TPSA) is 60.3 Å². The summed E-state index contributed by atoms with van der Waals surface area (Å²) in [6.07, 6.45) is 7.26. The molecule has 7 heteroatoms. The van der Waals surface area contributed by atoms with E-state index in [1.54, 1.807) is 17.1 Å². The van der Waals surface area contributed by atoms with Crippen molar-refractivity contribution < 1.29 is 9.53 Å². The Morgan fingerprint density at radius 2 is 2.32 bits per heavy atom. The lowest BCUT2D eigenvalue weighted by Crippen LogP contribution is -2.35. The van der Waals surface area contributed by atoms with E-state index in [1.807, 2.05) is 16.7 Å². The highest BCUT2D eigenvalue weighted by molar-refractivity contribution is 7.99. The van der Waals surface area contributed by atoms with Crippen molar-refractivity contribution in [1.82, 2.24) is 15.0 Å². The van der Waals surface area contributed by atoms with Crippen molar-refractivity contribution in [2.75, 3.05) is 16.4 Å². The highest BCUT2D eigenvalue weighted by atomic mass is 32.2. The molecule has 128 valence electrons. The lowest BCUT2D eigenvalue weighted by atomic mass is 9.98. The number of amides is 1. The number of nitrogens with zero attached hydrogens (tertiary/aromatic N) is 4. The van der Waals surface area contributed by atoms with Gasteiger partial charge in [0.25, 0.3) is 0 Å². The maximum atomic E-state index is 12.4. The van der Waals surface area contributed by atoms with Crippen LogP contribution >= 0.6 is 11.8 Å². The van der Waals surface area contributed by atoms with Gasteiger partial charge in [0, 0.05) is 11.9 Å². The van der Waals surface area contributed by atoms with E-state index in [9.17, 15) is 4.79 Å². The van der Waals surface area contributed by atoms with Crippen LogP contribution in [-0.2, 0) is 17.7 Å². The predicted molar refractivity (Wildman–Crippen MR) is 96.6 cm³/mol. The smallest absolute Gasteiger partial charge is 0.415 e. The van der Waals surface area contributed by atoms with Crippen LogP contribution in [0.3, 0.4) is 0 Å². The third kappa shape index (κ3) is 2.54. The quantitative estimate of drug-likeness (QED) is 0.848. The third-order valence-electron chi connectivity index (χ3n) is 5.15. The summed E-state index contributed by atoms with van der Waals surface area (Å²) in [4.78, 5) is 14.2. The van der Waals surface area contributed by atoms with E-state index >= 15 is 0 Å². The number of allylic oxidation sites excluding steroid dienone is 1. The first kappa shape index (κ1) is 15.0. The van der Waals surface area contributed by atoms with Crippen LogP contribution in [0.4, 0.5) is 10.5 Å². The molecule has 0 bridgehead atoms. The van der Waals surface area contributed by atoms with E-state index in [2.05, 4.69) is 34.6 Å². The lowest BCUT2D eigenvalue weighted by molar-refractivity contribution is 0.117. The Balaban J connectivity index is 1.43. The Morgan fingerprint density at radius 3 is 3.12 bits per heavy atom. The summed E-state index contributed by atoms with van der Waals surface area (Å²) in [5.74, 6) is 2.28. The molecule has 1 aromatic carbocycles. The molecular weight excluding hydrogens is 336 g/mol. The molecule has 5 rings (SSSR count). The van der Waals surface area contributed by atoms with Gasteiger partial charge in [-0.3, -0.25) is 4.90 Å². The van der Waals surface area contributed by atoms with Gasteiger partial charge in [0.15, 0.2) is 0 Å². The molecule has 1 amide bonds. The van der Waals surface area contributed by atoms with Gasteiger partial charge in [-0.15, -0.1) is 5.10 Å². The number of ether oxygens (including phenoxy) is 1. The minimum absolute atomic E-state index is 0.0397. The lowest BCUT2D eigenvalue weighted by Gasteiger charge is -2.16. The second-order valence-corrected chi connectivity index (χ2v) is 7.74. The van der Waals surface area contributed by atoms with Crippen molar-refractivity contribution in [2.24, 2.45) is 0 Å². The monoisotopic (exact) mass is 354 g/mol. The number of rotatable bonds is 3. The SMILES string of the molecule is O=C1O[C@@H](Cn2ccnn2)[C@@H]2Cc3cc(C4=CCSCC4)ccc3N12. The van der Waals surface area contributed by atoms with Crippen LogP contribution in [0.15, 0.2) is 36.7 Å².